The second kappa shape index (κ2) is 6.48. The Morgan fingerprint density at radius 1 is 1.52 bits per heavy atom. The highest BCUT2D eigenvalue weighted by Crippen LogP contribution is 2.23. The Balaban J connectivity index is 2.18. The number of aliphatic hydroxyl groups excluding tert-OH is 1. The summed E-state index contributed by atoms with van der Waals surface area (Å²) in [5.74, 6) is 5.11. The maximum Gasteiger partial charge on any atom is 0.254 e. The first-order chi connectivity index (χ1) is 9.93. The summed E-state index contributed by atoms with van der Waals surface area (Å²) in [6.07, 6.45) is 1.49. The number of piperidine rings is 1. The van der Waals surface area contributed by atoms with Gasteiger partial charge in [0.05, 0.1) is 10.6 Å². The third kappa shape index (κ3) is 3.98. The highest BCUT2D eigenvalue weighted by molar-refractivity contribution is 6.32. The average Bonchev–Trinajstić information content (AvgIpc) is 2.44. The summed E-state index contributed by atoms with van der Waals surface area (Å²) in [7, 11) is 0. The molecule has 0 aliphatic carbocycles. The maximum atomic E-state index is 12.4. The van der Waals surface area contributed by atoms with E-state index in [0.29, 0.717) is 35.7 Å². The molecule has 1 aromatic rings. The molecule has 112 valence electrons. The van der Waals surface area contributed by atoms with E-state index in [1.165, 1.54) is 0 Å². The zero-order valence-electron chi connectivity index (χ0n) is 11.9. The quantitative estimate of drug-likeness (QED) is 0.776. The normalized spacial score (nSPS) is 21.6. The van der Waals surface area contributed by atoms with Crippen LogP contribution in [0.1, 0.15) is 35.7 Å². The number of aliphatic hydroxyl groups is 2. The molecule has 0 radical (unpaired) electrons. The molecule has 0 bridgehead atoms. The summed E-state index contributed by atoms with van der Waals surface area (Å²) >= 11 is 6.10. The van der Waals surface area contributed by atoms with Gasteiger partial charge in [-0.25, -0.2) is 0 Å². The first-order valence-electron chi connectivity index (χ1n) is 6.84. The number of hydrogen-bond donors (Lipinski definition) is 2. The Labute approximate surface area is 129 Å². The highest BCUT2D eigenvalue weighted by Gasteiger charge is 2.31. The molecule has 1 atom stereocenters. The van der Waals surface area contributed by atoms with Gasteiger partial charge in [-0.15, -0.1) is 0 Å². The number of likely N-dealkylation sites (tertiary alicyclic amines) is 1. The summed E-state index contributed by atoms with van der Waals surface area (Å²) in [5, 5.41) is 19.1. The van der Waals surface area contributed by atoms with Gasteiger partial charge in [0.1, 0.15) is 6.61 Å². The minimum Gasteiger partial charge on any atom is -0.388 e. The number of amides is 1. The molecule has 0 saturated carbocycles. The Hall–Kier alpha value is -1.54. The van der Waals surface area contributed by atoms with Crippen molar-refractivity contribution >= 4 is 17.5 Å². The van der Waals surface area contributed by atoms with Crippen molar-refractivity contribution in [3.05, 3.63) is 34.3 Å². The van der Waals surface area contributed by atoms with Crippen molar-refractivity contribution in [1.82, 2.24) is 4.90 Å². The van der Waals surface area contributed by atoms with E-state index in [1.807, 2.05) is 0 Å². The van der Waals surface area contributed by atoms with E-state index < -0.39 is 5.60 Å². The fraction of sp³-hybridized carbons (Fsp3) is 0.438. The predicted molar refractivity (Wildman–Crippen MR) is 81.2 cm³/mol. The van der Waals surface area contributed by atoms with Gasteiger partial charge in [0, 0.05) is 24.2 Å². The van der Waals surface area contributed by atoms with Crippen molar-refractivity contribution in [3.63, 3.8) is 0 Å². The number of rotatable bonds is 1. The standard InChI is InChI=1S/C16H18ClNO3/c1-16(21)7-3-8-18(11-16)15(20)13-6-5-12(4-2-9-19)14(17)10-13/h5-6,10,19,21H,3,7-9,11H2,1H3. The lowest BCUT2D eigenvalue weighted by Gasteiger charge is -2.36. The number of nitrogens with zero attached hydrogens (tertiary/aromatic N) is 1. The fourth-order valence-electron chi connectivity index (χ4n) is 2.46. The van der Waals surface area contributed by atoms with Gasteiger partial charge in [0.15, 0.2) is 0 Å². The van der Waals surface area contributed by atoms with Crippen LogP contribution in [0.15, 0.2) is 18.2 Å². The lowest BCUT2D eigenvalue weighted by atomic mass is 9.94. The lowest BCUT2D eigenvalue weighted by molar-refractivity contribution is -0.0107. The van der Waals surface area contributed by atoms with Gasteiger partial charge in [-0.05, 0) is 38.0 Å². The second-order valence-corrected chi connectivity index (χ2v) is 5.89. The second-order valence-electron chi connectivity index (χ2n) is 5.48. The third-order valence-corrected chi connectivity index (χ3v) is 3.79. The van der Waals surface area contributed by atoms with Crippen LogP contribution in [0.2, 0.25) is 5.02 Å². The van der Waals surface area contributed by atoms with Gasteiger partial charge in [-0.2, -0.15) is 0 Å². The van der Waals surface area contributed by atoms with Crippen molar-refractivity contribution in [2.24, 2.45) is 0 Å². The Bertz CT molecular complexity index is 601. The average molecular weight is 308 g/mol. The van der Waals surface area contributed by atoms with Crippen LogP contribution in [-0.2, 0) is 0 Å². The number of carbonyl (C=O) groups is 1. The zero-order valence-corrected chi connectivity index (χ0v) is 12.7. The zero-order chi connectivity index (χ0) is 15.5. The van der Waals surface area contributed by atoms with E-state index in [4.69, 9.17) is 16.7 Å². The molecule has 4 nitrogen and oxygen atoms in total. The van der Waals surface area contributed by atoms with E-state index in [-0.39, 0.29) is 12.5 Å². The van der Waals surface area contributed by atoms with E-state index >= 15 is 0 Å². The van der Waals surface area contributed by atoms with Crippen LogP contribution in [0.4, 0.5) is 0 Å². The van der Waals surface area contributed by atoms with E-state index in [2.05, 4.69) is 11.8 Å². The predicted octanol–water partition coefficient (Wildman–Crippen LogP) is 1.67. The van der Waals surface area contributed by atoms with Crippen LogP contribution in [0.25, 0.3) is 0 Å². The molecule has 1 amide bonds. The number of benzene rings is 1. The molecule has 5 heteroatoms. The van der Waals surface area contributed by atoms with Crippen molar-refractivity contribution in [2.45, 2.75) is 25.4 Å². The number of hydrogen-bond acceptors (Lipinski definition) is 3. The molecule has 1 aliphatic rings. The first-order valence-corrected chi connectivity index (χ1v) is 7.22. The fourth-order valence-corrected chi connectivity index (χ4v) is 2.69. The number of β-amino-alcohol motifs (C(OH)–C–C–N with tert-alkyl or cyclic N) is 1. The molecule has 2 rings (SSSR count). The van der Waals surface area contributed by atoms with Gasteiger partial charge < -0.3 is 15.1 Å². The van der Waals surface area contributed by atoms with E-state index in [0.717, 1.165) is 6.42 Å². The minimum absolute atomic E-state index is 0.140. The van der Waals surface area contributed by atoms with Gasteiger partial charge in [-0.3, -0.25) is 4.79 Å². The van der Waals surface area contributed by atoms with E-state index in [1.54, 1.807) is 30.0 Å². The molecule has 1 aromatic carbocycles. The number of halogens is 1. The molecular weight excluding hydrogens is 290 g/mol. The van der Waals surface area contributed by atoms with Crippen LogP contribution in [0.3, 0.4) is 0 Å². The van der Waals surface area contributed by atoms with Crippen molar-refractivity contribution in [1.29, 1.82) is 0 Å². The van der Waals surface area contributed by atoms with Crippen molar-refractivity contribution < 1.29 is 15.0 Å². The minimum atomic E-state index is -0.829. The molecule has 1 fully saturated rings. The topological polar surface area (TPSA) is 60.8 Å². The summed E-state index contributed by atoms with van der Waals surface area (Å²) in [4.78, 5) is 14.1. The van der Waals surface area contributed by atoms with Gasteiger partial charge >= 0.3 is 0 Å². The Morgan fingerprint density at radius 3 is 2.90 bits per heavy atom. The molecule has 21 heavy (non-hydrogen) atoms. The molecule has 1 heterocycles. The summed E-state index contributed by atoms with van der Waals surface area (Å²) in [6, 6.07) is 4.91. The third-order valence-electron chi connectivity index (χ3n) is 3.48. The lowest BCUT2D eigenvalue weighted by Crippen LogP contribution is -2.48. The molecule has 0 spiro atoms. The van der Waals surface area contributed by atoms with Crippen LogP contribution >= 0.6 is 11.6 Å². The first kappa shape index (κ1) is 15.8. The van der Waals surface area contributed by atoms with Gasteiger partial charge in [0.25, 0.3) is 5.91 Å². The van der Waals surface area contributed by atoms with Crippen LogP contribution in [0, 0.1) is 11.8 Å². The van der Waals surface area contributed by atoms with Crippen molar-refractivity contribution in [3.8, 4) is 11.8 Å². The molecule has 1 aliphatic heterocycles. The van der Waals surface area contributed by atoms with Gasteiger partial charge in [-0.1, -0.05) is 23.4 Å². The smallest absolute Gasteiger partial charge is 0.254 e. The van der Waals surface area contributed by atoms with Crippen LogP contribution in [-0.4, -0.2) is 46.3 Å². The summed E-state index contributed by atoms with van der Waals surface area (Å²) in [5.41, 5.74) is 0.227. The van der Waals surface area contributed by atoms with Crippen LogP contribution < -0.4 is 0 Å². The summed E-state index contributed by atoms with van der Waals surface area (Å²) < 4.78 is 0. The molecule has 0 aromatic heterocycles. The largest absolute Gasteiger partial charge is 0.388 e. The van der Waals surface area contributed by atoms with Crippen molar-refractivity contribution in [2.75, 3.05) is 19.7 Å². The Kier molecular flexibility index (Phi) is 4.89. The highest BCUT2D eigenvalue weighted by atomic mass is 35.5. The maximum absolute atomic E-state index is 12.4. The number of carbonyl (C=O) groups excluding carboxylic acids is 1. The Morgan fingerprint density at radius 2 is 2.29 bits per heavy atom. The molecule has 1 saturated heterocycles. The summed E-state index contributed by atoms with van der Waals surface area (Å²) in [6.45, 7) is 2.47. The van der Waals surface area contributed by atoms with Gasteiger partial charge in [0.2, 0.25) is 0 Å². The van der Waals surface area contributed by atoms with Crippen LogP contribution in [0.5, 0.6) is 0 Å². The monoisotopic (exact) mass is 307 g/mol. The molecular formula is C16H18ClNO3. The molecule has 2 N–H and O–H groups in total. The molecule has 1 unspecified atom stereocenters. The van der Waals surface area contributed by atoms with E-state index in [9.17, 15) is 9.90 Å². The SMILES string of the molecule is CC1(O)CCCN(C(=O)c2ccc(C#CCO)c(Cl)c2)C1.